The molecule has 4 nitrogen and oxygen atoms in total. The quantitative estimate of drug-likeness (QED) is 0.706. The molecular weight excluding hydrogens is 214 g/mol. The van der Waals surface area contributed by atoms with Gasteiger partial charge in [0.05, 0.1) is 12.1 Å². The topological polar surface area (TPSA) is 71.2 Å². The van der Waals surface area contributed by atoms with Crippen LogP contribution in [0, 0.1) is 0 Å². The molecule has 17 heavy (non-hydrogen) atoms. The zero-order chi connectivity index (χ0) is 12.5. The molecule has 2 aromatic rings. The van der Waals surface area contributed by atoms with Crippen molar-refractivity contribution in [1.29, 1.82) is 0 Å². The second-order valence-electron chi connectivity index (χ2n) is 4.79. The van der Waals surface area contributed by atoms with Gasteiger partial charge in [0.1, 0.15) is 0 Å². The van der Waals surface area contributed by atoms with Crippen molar-refractivity contribution in [3.63, 3.8) is 0 Å². The van der Waals surface area contributed by atoms with Crippen LogP contribution in [0.4, 0.5) is 11.4 Å². The Morgan fingerprint density at radius 1 is 1.29 bits per heavy atom. The summed E-state index contributed by atoms with van der Waals surface area (Å²) in [6.45, 7) is 3.94. The SMILES string of the molecule is CC(C)(CO)Nc1ccc(N)c2cnccc12. The highest BCUT2D eigenvalue weighted by Gasteiger charge is 2.17. The van der Waals surface area contributed by atoms with Gasteiger partial charge in [-0.1, -0.05) is 0 Å². The van der Waals surface area contributed by atoms with Crippen molar-refractivity contribution in [2.24, 2.45) is 0 Å². The van der Waals surface area contributed by atoms with E-state index in [1.807, 2.05) is 32.0 Å². The van der Waals surface area contributed by atoms with Crippen molar-refractivity contribution < 1.29 is 5.11 Å². The number of nitrogens with two attached hydrogens (primary N) is 1. The second-order valence-corrected chi connectivity index (χ2v) is 4.79. The van der Waals surface area contributed by atoms with E-state index in [1.165, 1.54) is 0 Å². The highest BCUT2D eigenvalue weighted by atomic mass is 16.3. The number of aromatic nitrogens is 1. The molecule has 4 heteroatoms. The summed E-state index contributed by atoms with van der Waals surface area (Å²) in [5, 5.41) is 14.5. The molecular formula is C13H17N3O. The molecule has 0 aliphatic rings. The van der Waals surface area contributed by atoms with Crippen LogP contribution in [0.5, 0.6) is 0 Å². The molecule has 4 N–H and O–H groups in total. The summed E-state index contributed by atoms with van der Waals surface area (Å²) in [5.41, 5.74) is 7.20. The third-order valence-corrected chi connectivity index (χ3v) is 2.72. The fourth-order valence-corrected chi connectivity index (χ4v) is 1.73. The number of nitrogen functional groups attached to an aromatic ring is 1. The normalized spacial score (nSPS) is 11.7. The Labute approximate surface area is 100 Å². The Kier molecular flexibility index (Phi) is 2.90. The van der Waals surface area contributed by atoms with Gasteiger partial charge < -0.3 is 16.2 Å². The Balaban J connectivity index is 2.52. The average molecular weight is 231 g/mol. The summed E-state index contributed by atoms with van der Waals surface area (Å²) in [6, 6.07) is 5.69. The number of anilines is 2. The Hall–Kier alpha value is -1.81. The summed E-state index contributed by atoms with van der Waals surface area (Å²) in [4.78, 5) is 4.07. The van der Waals surface area contributed by atoms with E-state index in [-0.39, 0.29) is 12.1 Å². The lowest BCUT2D eigenvalue weighted by Crippen LogP contribution is -2.34. The van der Waals surface area contributed by atoms with E-state index in [4.69, 9.17) is 5.73 Å². The van der Waals surface area contributed by atoms with Gasteiger partial charge in [-0.25, -0.2) is 0 Å². The van der Waals surface area contributed by atoms with Crippen LogP contribution >= 0.6 is 0 Å². The molecule has 0 unspecified atom stereocenters. The third-order valence-electron chi connectivity index (χ3n) is 2.72. The second kappa shape index (κ2) is 4.22. The smallest absolute Gasteiger partial charge is 0.0656 e. The Morgan fingerprint density at radius 3 is 2.76 bits per heavy atom. The van der Waals surface area contributed by atoms with E-state index >= 15 is 0 Å². The summed E-state index contributed by atoms with van der Waals surface area (Å²) in [6.07, 6.45) is 3.49. The van der Waals surface area contributed by atoms with Gasteiger partial charge in [-0.05, 0) is 32.0 Å². The number of hydrogen-bond acceptors (Lipinski definition) is 4. The minimum Gasteiger partial charge on any atom is -0.398 e. The fourth-order valence-electron chi connectivity index (χ4n) is 1.73. The number of nitrogens with zero attached hydrogens (tertiary/aromatic N) is 1. The average Bonchev–Trinajstić information content (AvgIpc) is 2.33. The highest BCUT2D eigenvalue weighted by Crippen LogP contribution is 2.29. The molecule has 2 rings (SSSR count). The maximum Gasteiger partial charge on any atom is 0.0656 e. The zero-order valence-electron chi connectivity index (χ0n) is 10.1. The number of fused-ring (bicyclic) bond motifs is 1. The minimum absolute atomic E-state index is 0.0595. The van der Waals surface area contributed by atoms with Gasteiger partial charge in [0.2, 0.25) is 0 Å². The lowest BCUT2D eigenvalue weighted by atomic mass is 10.0. The van der Waals surface area contributed by atoms with Gasteiger partial charge in [-0.3, -0.25) is 4.98 Å². The van der Waals surface area contributed by atoms with Gasteiger partial charge in [0.25, 0.3) is 0 Å². The van der Waals surface area contributed by atoms with Crippen molar-refractivity contribution in [3.05, 3.63) is 30.6 Å². The first-order valence-electron chi connectivity index (χ1n) is 5.55. The van der Waals surface area contributed by atoms with E-state index < -0.39 is 0 Å². The predicted molar refractivity (Wildman–Crippen MR) is 70.9 cm³/mol. The van der Waals surface area contributed by atoms with Crippen LogP contribution in [0.2, 0.25) is 0 Å². The molecule has 0 spiro atoms. The molecule has 0 radical (unpaired) electrons. The van der Waals surface area contributed by atoms with Crippen LogP contribution in [0.1, 0.15) is 13.8 Å². The minimum atomic E-state index is -0.369. The molecule has 0 fully saturated rings. The summed E-state index contributed by atoms with van der Waals surface area (Å²) in [5.74, 6) is 0. The van der Waals surface area contributed by atoms with Crippen LogP contribution in [0.15, 0.2) is 30.6 Å². The van der Waals surface area contributed by atoms with Crippen molar-refractivity contribution >= 4 is 22.1 Å². The monoisotopic (exact) mass is 231 g/mol. The van der Waals surface area contributed by atoms with Gasteiger partial charge in [0.15, 0.2) is 0 Å². The summed E-state index contributed by atoms with van der Waals surface area (Å²) < 4.78 is 0. The molecule has 90 valence electrons. The molecule has 1 aromatic carbocycles. The van der Waals surface area contributed by atoms with E-state index in [0.717, 1.165) is 16.5 Å². The third kappa shape index (κ3) is 2.31. The molecule has 0 saturated heterocycles. The molecule has 0 saturated carbocycles. The van der Waals surface area contributed by atoms with E-state index in [0.29, 0.717) is 5.69 Å². The molecule has 0 amide bonds. The van der Waals surface area contributed by atoms with Crippen LogP contribution < -0.4 is 11.1 Å². The number of aliphatic hydroxyl groups excluding tert-OH is 1. The van der Waals surface area contributed by atoms with E-state index in [2.05, 4.69) is 10.3 Å². The summed E-state index contributed by atoms with van der Waals surface area (Å²) >= 11 is 0. The number of nitrogens with one attached hydrogen (secondary N) is 1. The first-order chi connectivity index (χ1) is 8.03. The first kappa shape index (κ1) is 11.7. The fraction of sp³-hybridized carbons (Fsp3) is 0.308. The highest BCUT2D eigenvalue weighted by molar-refractivity contribution is 6.00. The molecule has 0 atom stereocenters. The Bertz CT molecular complexity index is 537. The number of rotatable bonds is 3. The molecule has 0 aliphatic heterocycles. The molecule has 1 heterocycles. The summed E-state index contributed by atoms with van der Waals surface area (Å²) in [7, 11) is 0. The maximum absolute atomic E-state index is 9.28. The van der Waals surface area contributed by atoms with E-state index in [9.17, 15) is 5.11 Å². The standard InChI is InChI=1S/C13H17N3O/c1-13(2,8-17)16-12-4-3-11(14)10-7-15-6-5-9(10)12/h3-7,16-17H,8,14H2,1-2H3. The van der Waals surface area contributed by atoms with Gasteiger partial charge in [-0.2, -0.15) is 0 Å². The van der Waals surface area contributed by atoms with Crippen molar-refractivity contribution in [2.45, 2.75) is 19.4 Å². The zero-order valence-corrected chi connectivity index (χ0v) is 10.1. The maximum atomic E-state index is 9.28. The molecule has 1 aromatic heterocycles. The van der Waals surface area contributed by atoms with Crippen LogP contribution in [0.25, 0.3) is 10.8 Å². The van der Waals surface area contributed by atoms with E-state index in [1.54, 1.807) is 12.4 Å². The van der Waals surface area contributed by atoms with Crippen LogP contribution in [-0.4, -0.2) is 22.2 Å². The number of aliphatic hydroxyl groups is 1. The molecule has 0 bridgehead atoms. The van der Waals surface area contributed by atoms with Crippen LogP contribution in [-0.2, 0) is 0 Å². The van der Waals surface area contributed by atoms with Gasteiger partial charge >= 0.3 is 0 Å². The van der Waals surface area contributed by atoms with Crippen molar-refractivity contribution in [2.75, 3.05) is 17.7 Å². The molecule has 0 aliphatic carbocycles. The van der Waals surface area contributed by atoms with Gasteiger partial charge in [0, 0.05) is 34.5 Å². The first-order valence-corrected chi connectivity index (χ1v) is 5.55. The lowest BCUT2D eigenvalue weighted by Gasteiger charge is -2.26. The Morgan fingerprint density at radius 2 is 2.06 bits per heavy atom. The predicted octanol–water partition coefficient (Wildman–Crippen LogP) is 2.00. The number of hydrogen-bond donors (Lipinski definition) is 3. The lowest BCUT2D eigenvalue weighted by molar-refractivity contribution is 0.234. The van der Waals surface area contributed by atoms with Crippen molar-refractivity contribution in [3.8, 4) is 0 Å². The van der Waals surface area contributed by atoms with Crippen molar-refractivity contribution in [1.82, 2.24) is 4.98 Å². The number of benzene rings is 1. The number of pyridine rings is 1. The van der Waals surface area contributed by atoms with Gasteiger partial charge in [-0.15, -0.1) is 0 Å². The largest absolute Gasteiger partial charge is 0.398 e. The van der Waals surface area contributed by atoms with Crippen LogP contribution in [0.3, 0.4) is 0 Å².